The van der Waals surface area contributed by atoms with Gasteiger partial charge in [0.2, 0.25) is 15.9 Å². The second kappa shape index (κ2) is 4.85. The van der Waals surface area contributed by atoms with E-state index in [0.717, 1.165) is 23.9 Å². The molecule has 0 aliphatic carbocycles. The Bertz CT molecular complexity index is 610. The maximum Gasteiger partial charge on any atom is 0.231 e. The van der Waals surface area contributed by atoms with Crippen LogP contribution in [0.2, 0.25) is 0 Å². The molecule has 0 fully saturated rings. The minimum absolute atomic E-state index is 0.0796. The van der Waals surface area contributed by atoms with Gasteiger partial charge in [-0.25, -0.2) is 8.42 Å². The smallest absolute Gasteiger partial charge is 0.231 e. The highest BCUT2D eigenvalue weighted by Gasteiger charge is 2.27. The van der Waals surface area contributed by atoms with Crippen LogP contribution in [0.5, 0.6) is 0 Å². The van der Waals surface area contributed by atoms with Crippen LogP contribution in [-0.4, -0.2) is 34.2 Å². The van der Waals surface area contributed by atoms with Gasteiger partial charge < -0.3 is 4.90 Å². The Morgan fingerprint density at radius 2 is 2.05 bits per heavy atom. The number of amides is 1. The molecule has 1 heterocycles. The van der Waals surface area contributed by atoms with Crippen LogP contribution in [0.3, 0.4) is 0 Å². The van der Waals surface area contributed by atoms with Gasteiger partial charge in [0.25, 0.3) is 0 Å². The topological polar surface area (TPSA) is 57.7 Å². The number of anilines is 2. The molecule has 0 radical (unpaired) electrons. The Balaban J connectivity index is 2.37. The number of nitrogens with zero attached hydrogens (tertiary/aromatic N) is 2. The SMILES string of the molecule is CCCN1C(=O)Cc2cc(N(C)S(C)(=O)=O)ccc21. The van der Waals surface area contributed by atoms with Crippen molar-refractivity contribution >= 4 is 27.3 Å². The lowest BCUT2D eigenvalue weighted by Gasteiger charge is -2.19. The van der Waals surface area contributed by atoms with E-state index in [1.807, 2.05) is 13.0 Å². The quantitative estimate of drug-likeness (QED) is 0.838. The first kappa shape index (κ1) is 13.9. The summed E-state index contributed by atoms with van der Waals surface area (Å²) in [5.74, 6) is 0.0796. The standard InChI is InChI=1S/C13H18N2O3S/c1-4-7-15-12-6-5-11(14(2)19(3,17)18)8-10(12)9-13(15)16/h5-6,8H,4,7,9H2,1-3H3. The van der Waals surface area contributed by atoms with Gasteiger partial charge in [0.15, 0.2) is 0 Å². The average molecular weight is 282 g/mol. The maximum atomic E-state index is 11.9. The molecule has 0 aromatic heterocycles. The molecule has 2 rings (SSSR count). The zero-order valence-corrected chi connectivity index (χ0v) is 12.2. The number of hydrogen-bond donors (Lipinski definition) is 0. The first-order chi connectivity index (χ1) is 8.84. The van der Waals surface area contributed by atoms with Gasteiger partial charge in [-0.1, -0.05) is 6.92 Å². The van der Waals surface area contributed by atoms with Crippen molar-refractivity contribution in [2.75, 3.05) is 29.1 Å². The summed E-state index contributed by atoms with van der Waals surface area (Å²) < 4.78 is 24.2. The van der Waals surface area contributed by atoms with E-state index in [4.69, 9.17) is 0 Å². The van der Waals surface area contributed by atoms with Gasteiger partial charge in [-0.3, -0.25) is 9.10 Å². The Hall–Kier alpha value is -1.56. The van der Waals surface area contributed by atoms with E-state index in [9.17, 15) is 13.2 Å². The van der Waals surface area contributed by atoms with Gasteiger partial charge in [-0.05, 0) is 30.2 Å². The molecular formula is C13H18N2O3S. The molecule has 1 aliphatic heterocycles. The fraction of sp³-hybridized carbons (Fsp3) is 0.462. The summed E-state index contributed by atoms with van der Waals surface area (Å²) in [4.78, 5) is 13.7. The van der Waals surface area contributed by atoms with E-state index in [1.54, 1.807) is 17.0 Å². The number of rotatable bonds is 4. The second-order valence-electron chi connectivity index (χ2n) is 4.77. The van der Waals surface area contributed by atoms with Crippen molar-refractivity contribution < 1.29 is 13.2 Å². The average Bonchev–Trinajstić information content (AvgIpc) is 2.63. The van der Waals surface area contributed by atoms with Crippen molar-refractivity contribution in [2.24, 2.45) is 0 Å². The van der Waals surface area contributed by atoms with E-state index in [0.29, 0.717) is 18.7 Å². The number of carbonyl (C=O) groups excluding carboxylic acids is 1. The van der Waals surface area contributed by atoms with Gasteiger partial charge in [0.1, 0.15) is 0 Å². The van der Waals surface area contributed by atoms with Gasteiger partial charge in [0.05, 0.1) is 18.4 Å². The van der Waals surface area contributed by atoms with Crippen LogP contribution < -0.4 is 9.21 Å². The van der Waals surface area contributed by atoms with Crippen molar-refractivity contribution in [2.45, 2.75) is 19.8 Å². The summed E-state index contributed by atoms with van der Waals surface area (Å²) in [5.41, 5.74) is 2.39. The van der Waals surface area contributed by atoms with E-state index in [2.05, 4.69) is 0 Å². The number of hydrogen-bond acceptors (Lipinski definition) is 3. The summed E-state index contributed by atoms with van der Waals surface area (Å²) in [6, 6.07) is 5.35. The molecule has 0 unspecified atom stereocenters. The van der Waals surface area contributed by atoms with Gasteiger partial charge in [0, 0.05) is 19.3 Å². The molecule has 0 N–H and O–H groups in total. The van der Waals surface area contributed by atoms with Crippen molar-refractivity contribution in [3.8, 4) is 0 Å². The molecule has 0 bridgehead atoms. The molecule has 6 heteroatoms. The van der Waals surface area contributed by atoms with Crippen LogP contribution >= 0.6 is 0 Å². The lowest BCUT2D eigenvalue weighted by molar-refractivity contribution is -0.117. The molecule has 5 nitrogen and oxygen atoms in total. The fourth-order valence-electron chi connectivity index (χ4n) is 2.23. The zero-order chi connectivity index (χ0) is 14.2. The fourth-order valence-corrected chi connectivity index (χ4v) is 2.72. The highest BCUT2D eigenvalue weighted by molar-refractivity contribution is 7.92. The number of benzene rings is 1. The van der Waals surface area contributed by atoms with Crippen LogP contribution in [0.15, 0.2) is 18.2 Å². The third-order valence-corrected chi connectivity index (χ3v) is 4.51. The van der Waals surface area contributed by atoms with E-state index in [-0.39, 0.29) is 5.91 Å². The first-order valence-electron chi connectivity index (χ1n) is 6.21. The lowest BCUT2D eigenvalue weighted by atomic mass is 10.1. The molecule has 104 valence electrons. The summed E-state index contributed by atoms with van der Waals surface area (Å²) in [5, 5.41) is 0. The number of sulfonamides is 1. The molecule has 1 amide bonds. The molecular weight excluding hydrogens is 264 g/mol. The van der Waals surface area contributed by atoms with Crippen LogP contribution in [0.25, 0.3) is 0 Å². The largest absolute Gasteiger partial charge is 0.312 e. The summed E-state index contributed by atoms with van der Waals surface area (Å²) >= 11 is 0. The van der Waals surface area contributed by atoms with Crippen LogP contribution in [0.4, 0.5) is 11.4 Å². The number of fused-ring (bicyclic) bond motifs is 1. The highest BCUT2D eigenvalue weighted by Crippen LogP contribution is 2.32. The summed E-state index contributed by atoms with van der Waals surface area (Å²) in [6.45, 7) is 2.73. The third kappa shape index (κ3) is 2.58. The summed E-state index contributed by atoms with van der Waals surface area (Å²) in [6.07, 6.45) is 2.41. The molecule has 0 spiro atoms. The van der Waals surface area contributed by atoms with E-state index in [1.165, 1.54) is 11.4 Å². The van der Waals surface area contributed by atoms with Crippen molar-refractivity contribution in [1.82, 2.24) is 0 Å². The molecule has 1 aromatic rings. The molecule has 1 aliphatic rings. The predicted octanol–water partition coefficient (Wildman–Crippen LogP) is 1.38. The van der Waals surface area contributed by atoms with E-state index >= 15 is 0 Å². The highest BCUT2D eigenvalue weighted by atomic mass is 32.2. The monoisotopic (exact) mass is 282 g/mol. The Labute approximate surface area is 113 Å². The molecule has 0 atom stereocenters. The van der Waals surface area contributed by atoms with E-state index < -0.39 is 10.0 Å². The third-order valence-electron chi connectivity index (χ3n) is 3.30. The van der Waals surface area contributed by atoms with Crippen LogP contribution in [0, 0.1) is 0 Å². The van der Waals surface area contributed by atoms with Gasteiger partial charge in [-0.2, -0.15) is 0 Å². The second-order valence-corrected chi connectivity index (χ2v) is 6.78. The van der Waals surface area contributed by atoms with Gasteiger partial charge >= 0.3 is 0 Å². The van der Waals surface area contributed by atoms with Crippen molar-refractivity contribution in [3.63, 3.8) is 0 Å². The minimum Gasteiger partial charge on any atom is -0.312 e. The number of carbonyl (C=O) groups is 1. The lowest BCUT2D eigenvalue weighted by Crippen LogP contribution is -2.27. The zero-order valence-electron chi connectivity index (χ0n) is 11.4. The summed E-state index contributed by atoms with van der Waals surface area (Å²) in [7, 11) is -1.76. The Kier molecular flexibility index (Phi) is 3.54. The van der Waals surface area contributed by atoms with Crippen molar-refractivity contribution in [3.05, 3.63) is 23.8 Å². The predicted molar refractivity (Wildman–Crippen MR) is 76.0 cm³/mol. The normalized spacial score (nSPS) is 14.7. The molecule has 1 aromatic carbocycles. The van der Waals surface area contributed by atoms with Crippen LogP contribution in [-0.2, 0) is 21.2 Å². The molecule has 19 heavy (non-hydrogen) atoms. The molecule has 0 saturated carbocycles. The molecule has 0 saturated heterocycles. The van der Waals surface area contributed by atoms with Crippen LogP contribution in [0.1, 0.15) is 18.9 Å². The maximum absolute atomic E-state index is 11.9. The minimum atomic E-state index is -3.28. The van der Waals surface area contributed by atoms with Gasteiger partial charge in [-0.15, -0.1) is 0 Å². The van der Waals surface area contributed by atoms with Crippen molar-refractivity contribution in [1.29, 1.82) is 0 Å². The Morgan fingerprint density at radius 3 is 2.63 bits per heavy atom. The first-order valence-corrected chi connectivity index (χ1v) is 8.06. The Morgan fingerprint density at radius 1 is 1.37 bits per heavy atom.